The van der Waals surface area contributed by atoms with E-state index >= 15 is 0 Å². The molecule has 0 radical (unpaired) electrons. The molecule has 1 aromatic heterocycles. The monoisotopic (exact) mass is 397 g/mol. The molecule has 152 valence electrons. The Kier molecular flexibility index (Phi) is 6.41. The normalized spacial score (nSPS) is 23.9. The number of aliphatic imine (C=N–C) groups is 1. The number of hydrogen-bond acceptors (Lipinski definition) is 6. The van der Waals surface area contributed by atoms with Gasteiger partial charge in [-0.15, -0.1) is 0 Å². The SMILES string of the molecule is Cc1cc(CN2CCN(C(=NCC3CCS(=O)(=O)C3)NC(C)C)CC2)no1. The maximum Gasteiger partial charge on any atom is 0.194 e. The van der Waals surface area contributed by atoms with Crippen LogP contribution < -0.4 is 5.32 Å². The highest BCUT2D eigenvalue weighted by molar-refractivity contribution is 7.91. The molecule has 3 heterocycles. The fourth-order valence-electron chi connectivity index (χ4n) is 3.57. The Balaban J connectivity index is 1.55. The Morgan fingerprint density at radius 3 is 2.67 bits per heavy atom. The van der Waals surface area contributed by atoms with Crippen LogP contribution >= 0.6 is 0 Å². The highest BCUT2D eigenvalue weighted by Crippen LogP contribution is 2.19. The molecule has 2 fully saturated rings. The summed E-state index contributed by atoms with van der Waals surface area (Å²) in [4.78, 5) is 9.41. The number of aryl methyl sites for hydroxylation is 1. The molecule has 2 saturated heterocycles. The predicted octanol–water partition coefficient (Wildman–Crippen LogP) is 0.889. The van der Waals surface area contributed by atoms with Gasteiger partial charge in [-0.2, -0.15) is 0 Å². The first-order chi connectivity index (χ1) is 12.8. The van der Waals surface area contributed by atoms with Crippen molar-refractivity contribution in [2.45, 2.75) is 39.8 Å². The van der Waals surface area contributed by atoms with E-state index in [1.54, 1.807) is 0 Å². The molecule has 1 N–H and O–H groups in total. The molecular weight excluding hydrogens is 366 g/mol. The van der Waals surface area contributed by atoms with Crippen LogP contribution in [-0.4, -0.2) is 79.6 Å². The zero-order valence-corrected chi connectivity index (χ0v) is 17.3. The summed E-state index contributed by atoms with van der Waals surface area (Å²) in [5.74, 6) is 2.46. The van der Waals surface area contributed by atoms with Crippen molar-refractivity contribution in [1.82, 2.24) is 20.3 Å². The third-order valence-electron chi connectivity index (χ3n) is 4.98. The first-order valence-corrected chi connectivity index (χ1v) is 11.5. The molecule has 9 heteroatoms. The topological polar surface area (TPSA) is 91.0 Å². The molecule has 1 atom stereocenters. The van der Waals surface area contributed by atoms with Crippen molar-refractivity contribution >= 4 is 15.8 Å². The smallest absolute Gasteiger partial charge is 0.194 e. The lowest BCUT2D eigenvalue weighted by molar-refractivity contribution is 0.168. The van der Waals surface area contributed by atoms with Crippen LogP contribution in [0, 0.1) is 12.8 Å². The van der Waals surface area contributed by atoms with Gasteiger partial charge in [-0.05, 0) is 33.1 Å². The van der Waals surface area contributed by atoms with E-state index in [0.717, 1.165) is 56.6 Å². The van der Waals surface area contributed by atoms with Crippen LogP contribution in [0.3, 0.4) is 0 Å². The van der Waals surface area contributed by atoms with Crippen LogP contribution in [0.5, 0.6) is 0 Å². The van der Waals surface area contributed by atoms with Crippen molar-refractivity contribution in [3.8, 4) is 0 Å². The maximum absolute atomic E-state index is 11.7. The summed E-state index contributed by atoms with van der Waals surface area (Å²) in [6, 6.07) is 2.27. The average Bonchev–Trinajstić information content (AvgIpc) is 3.16. The van der Waals surface area contributed by atoms with E-state index in [4.69, 9.17) is 9.52 Å². The molecule has 0 saturated carbocycles. The first-order valence-electron chi connectivity index (χ1n) is 9.71. The van der Waals surface area contributed by atoms with Crippen LogP contribution in [0.2, 0.25) is 0 Å². The van der Waals surface area contributed by atoms with Crippen LogP contribution in [-0.2, 0) is 16.4 Å². The van der Waals surface area contributed by atoms with Crippen LogP contribution in [0.1, 0.15) is 31.7 Å². The zero-order chi connectivity index (χ0) is 19.4. The fraction of sp³-hybridized carbons (Fsp3) is 0.778. The molecule has 0 spiro atoms. The highest BCUT2D eigenvalue weighted by Gasteiger charge is 2.28. The van der Waals surface area contributed by atoms with Crippen molar-refractivity contribution in [3.05, 3.63) is 17.5 Å². The van der Waals surface area contributed by atoms with Crippen LogP contribution in [0.4, 0.5) is 0 Å². The molecule has 0 aliphatic carbocycles. The quantitative estimate of drug-likeness (QED) is 0.583. The summed E-state index contributed by atoms with van der Waals surface area (Å²) in [7, 11) is -2.85. The van der Waals surface area contributed by atoms with Crippen LogP contribution in [0.15, 0.2) is 15.6 Å². The van der Waals surface area contributed by atoms with Crippen molar-refractivity contribution in [2.24, 2.45) is 10.9 Å². The lowest BCUT2D eigenvalue weighted by Gasteiger charge is -2.36. The van der Waals surface area contributed by atoms with Gasteiger partial charge in [0, 0.05) is 51.4 Å². The Morgan fingerprint density at radius 2 is 2.11 bits per heavy atom. The van der Waals surface area contributed by atoms with Gasteiger partial charge in [-0.3, -0.25) is 9.89 Å². The lowest BCUT2D eigenvalue weighted by atomic mass is 10.1. The Morgan fingerprint density at radius 1 is 1.37 bits per heavy atom. The third kappa shape index (κ3) is 5.93. The average molecular weight is 398 g/mol. The molecule has 0 amide bonds. The number of rotatable bonds is 5. The molecule has 2 aliphatic heterocycles. The van der Waals surface area contributed by atoms with Crippen molar-refractivity contribution in [2.75, 3.05) is 44.2 Å². The van der Waals surface area contributed by atoms with E-state index in [0.29, 0.717) is 12.3 Å². The van der Waals surface area contributed by atoms with E-state index in [1.165, 1.54) is 0 Å². The second-order valence-corrected chi connectivity index (χ2v) is 10.2. The van der Waals surface area contributed by atoms with Crippen molar-refractivity contribution in [1.29, 1.82) is 0 Å². The minimum atomic E-state index is -2.85. The minimum Gasteiger partial charge on any atom is -0.361 e. The molecule has 0 aromatic carbocycles. The summed E-state index contributed by atoms with van der Waals surface area (Å²) in [6.45, 7) is 11.1. The van der Waals surface area contributed by atoms with E-state index in [2.05, 4.69) is 34.1 Å². The summed E-state index contributed by atoms with van der Waals surface area (Å²) in [5.41, 5.74) is 0.970. The molecule has 3 rings (SSSR count). The molecule has 8 nitrogen and oxygen atoms in total. The van der Waals surface area contributed by atoms with Gasteiger partial charge < -0.3 is 14.7 Å². The minimum absolute atomic E-state index is 0.149. The number of nitrogens with zero attached hydrogens (tertiary/aromatic N) is 4. The van der Waals surface area contributed by atoms with Gasteiger partial charge in [0.15, 0.2) is 15.8 Å². The molecular formula is C18H31N5O3S. The zero-order valence-electron chi connectivity index (χ0n) is 16.5. The van der Waals surface area contributed by atoms with Gasteiger partial charge in [0.2, 0.25) is 0 Å². The Hall–Kier alpha value is -1.61. The van der Waals surface area contributed by atoms with E-state index in [1.807, 2.05) is 13.0 Å². The number of aromatic nitrogens is 1. The molecule has 27 heavy (non-hydrogen) atoms. The number of piperazine rings is 1. The first kappa shape index (κ1) is 20.1. The van der Waals surface area contributed by atoms with Gasteiger partial charge >= 0.3 is 0 Å². The molecule has 1 unspecified atom stereocenters. The molecule has 1 aromatic rings. The third-order valence-corrected chi connectivity index (χ3v) is 6.81. The largest absolute Gasteiger partial charge is 0.361 e. The standard InChI is InChI=1S/C18H31N5O3S/c1-14(2)20-18(19-11-16-4-9-27(24,25)13-16)23-7-5-22(6-8-23)12-17-10-15(3)26-21-17/h10,14,16H,4-9,11-13H2,1-3H3,(H,19,20). The number of hydrogen-bond donors (Lipinski definition) is 1. The van der Waals surface area contributed by atoms with Gasteiger partial charge in [0.1, 0.15) is 5.76 Å². The van der Waals surface area contributed by atoms with Crippen molar-refractivity contribution < 1.29 is 12.9 Å². The fourth-order valence-corrected chi connectivity index (χ4v) is 5.42. The predicted molar refractivity (Wildman–Crippen MR) is 105 cm³/mol. The second kappa shape index (κ2) is 8.60. The molecule has 0 bridgehead atoms. The molecule has 2 aliphatic rings. The summed E-state index contributed by atoms with van der Waals surface area (Å²) in [5, 5.41) is 7.52. The van der Waals surface area contributed by atoms with E-state index in [-0.39, 0.29) is 17.7 Å². The van der Waals surface area contributed by atoms with Gasteiger partial charge in [-0.25, -0.2) is 8.42 Å². The Bertz CT molecular complexity index is 751. The van der Waals surface area contributed by atoms with Crippen molar-refractivity contribution in [3.63, 3.8) is 0 Å². The lowest BCUT2D eigenvalue weighted by Crippen LogP contribution is -2.53. The highest BCUT2D eigenvalue weighted by atomic mass is 32.2. The van der Waals surface area contributed by atoms with Crippen LogP contribution in [0.25, 0.3) is 0 Å². The van der Waals surface area contributed by atoms with Gasteiger partial charge in [0.25, 0.3) is 0 Å². The summed E-state index contributed by atoms with van der Waals surface area (Å²) < 4.78 is 28.5. The summed E-state index contributed by atoms with van der Waals surface area (Å²) >= 11 is 0. The summed E-state index contributed by atoms with van der Waals surface area (Å²) in [6.07, 6.45) is 0.728. The Labute approximate surface area is 161 Å². The van der Waals surface area contributed by atoms with Gasteiger partial charge in [-0.1, -0.05) is 5.16 Å². The number of sulfone groups is 1. The maximum atomic E-state index is 11.7. The van der Waals surface area contributed by atoms with Gasteiger partial charge in [0.05, 0.1) is 17.2 Å². The number of guanidine groups is 1. The van der Waals surface area contributed by atoms with E-state index in [9.17, 15) is 8.42 Å². The second-order valence-electron chi connectivity index (χ2n) is 7.92. The number of nitrogens with one attached hydrogen (secondary N) is 1. The van der Waals surface area contributed by atoms with E-state index < -0.39 is 9.84 Å².